The minimum atomic E-state index is -1.18. The van der Waals surface area contributed by atoms with Crippen molar-refractivity contribution in [1.82, 2.24) is 10.2 Å². The van der Waals surface area contributed by atoms with Crippen LogP contribution in [0.15, 0.2) is 42.5 Å². The van der Waals surface area contributed by atoms with Crippen LogP contribution in [0.5, 0.6) is 0 Å². The highest BCUT2D eigenvalue weighted by atomic mass is 19.1. The molecule has 0 unspecified atom stereocenters. The number of hydrogen-bond donors (Lipinski definition) is 2. The molecule has 1 heterocycles. The third-order valence-electron chi connectivity index (χ3n) is 2.95. The zero-order valence-corrected chi connectivity index (χ0v) is 9.72. The van der Waals surface area contributed by atoms with E-state index in [0.717, 1.165) is 5.52 Å². The van der Waals surface area contributed by atoms with E-state index in [1.54, 1.807) is 18.2 Å². The zero-order chi connectivity index (χ0) is 13.4. The van der Waals surface area contributed by atoms with Gasteiger partial charge in [-0.2, -0.15) is 5.10 Å². The van der Waals surface area contributed by atoms with Gasteiger partial charge in [0.05, 0.1) is 16.6 Å². The molecule has 0 bridgehead atoms. The van der Waals surface area contributed by atoms with E-state index in [4.69, 9.17) is 5.11 Å². The van der Waals surface area contributed by atoms with Gasteiger partial charge in [-0.25, -0.2) is 9.18 Å². The number of aromatic nitrogens is 2. The Morgan fingerprint density at radius 1 is 1.16 bits per heavy atom. The van der Waals surface area contributed by atoms with E-state index in [-0.39, 0.29) is 11.1 Å². The third kappa shape index (κ3) is 1.76. The number of para-hydroxylation sites is 1. The number of carbonyl (C=O) groups is 1. The highest BCUT2D eigenvalue weighted by Gasteiger charge is 2.19. The second kappa shape index (κ2) is 4.20. The summed E-state index contributed by atoms with van der Waals surface area (Å²) >= 11 is 0. The molecule has 0 radical (unpaired) electrons. The summed E-state index contributed by atoms with van der Waals surface area (Å²) in [4.78, 5) is 11.2. The molecule has 3 aromatic rings. The number of rotatable bonds is 2. The summed E-state index contributed by atoms with van der Waals surface area (Å²) in [7, 11) is 0. The summed E-state index contributed by atoms with van der Waals surface area (Å²) in [5, 5.41) is 16.7. The molecule has 3 rings (SSSR count). The number of aromatic amines is 1. The Labute approximate surface area is 107 Å². The van der Waals surface area contributed by atoms with Gasteiger partial charge in [0, 0.05) is 5.39 Å². The average Bonchev–Trinajstić information content (AvgIpc) is 2.82. The van der Waals surface area contributed by atoms with Gasteiger partial charge in [0.2, 0.25) is 0 Å². The van der Waals surface area contributed by atoms with E-state index in [9.17, 15) is 9.18 Å². The molecule has 2 N–H and O–H groups in total. The van der Waals surface area contributed by atoms with Gasteiger partial charge >= 0.3 is 5.97 Å². The fourth-order valence-electron chi connectivity index (χ4n) is 2.10. The molecule has 0 saturated heterocycles. The molecule has 2 aromatic carbocycles. The van der Waals surface area contributed by atoms with Gasteiger partial charge in [0.15, 0.2) is 0 Å². The van der Waals surface area contributed by atoms with Crippen LogP contribution in [-0.4, -0.2) is 21.3 Å². The van der Waals surface area contributed by atoms with Gasteiger partial charge in [-0.05, 0) is 18.2 Å². The first kappa shape index (κ1) is 11.4. The Hall–Kier alpha value is -2.69. The number of nitrogens with one attached hydrogen (secondary N) is 1. The molecule has 0 spiro atoms. The van der Waals surface area contributed by atoms with Gasteiger partial charge in [0.25, 0.3) is 0 Å². The van der Waals surface area contributed by atoms with Crippen LogP contribution in [0.4, 0.5) is 4.39 Å². The smallest absolute Gasteiger partial charge is 0.336 e. The monoisotopic (exact) mass is 256 g/mol. The average molecular weight is 256 g/mol. The van der Waals surface area contributed by atoms with Gasteiger partial charge < -0.3 is 5.11 Å². The normalized spacial score (nSPS) is 10.8. The van der Waals surface area contributed by atoms with E-state index >= 15 is 0 Å². The maximum absolute atomic E-state index is 14.0. The van der Waals surface area contributed by atoms with Crippen LogP contribution in [0.25, 0.3) is 22.2 Å². The van der Waals surface area contributed by atoms with Crippen molar-refractivity contribution in [3.63, 3.8) is 0 Å². The van der Waals surface area contributed by atoms with Crippen LogP contribution in [0.3, 0.4) is 0 Å². The first-order chi connectivity index (χ1) is 9.18. The van der Waals surface area contributed by atoms with Gasteiger partial charge in [-0.3, -0.25) is 5.10 Å². The Balaban J connectivity index is 2.36. The van der Waals surface area contributed by atoms with E-state index in [2.05, 4.69) is 10.2 Å². The maximum atomic E-state index is 14.0. The number of carboxylic acid groups (broad SMARTS) is 1. The van der Waals surface area contributed by atoms with Gasteiger partial charge in [0.1, 0.15) is 11.5 Å². The van der Waals surface area contributed by atoms with Crippen molar-refractivity contribution >= 4 is 16.9 Å². The molecule has 0 fully saturated rings. The van der Waals surface area contributed by atoms with Crippen LogP contribution in [0.2, 0.25) is 0 Å². The molecule has 0 saturated carbocycles. The van der Waals surface area contributed by atoms with Crippen molar-refractivity contribution < 1.29 is 14.3 Å². The molecular formula is C14H9FN2O2. The molecule has 0 amide bonds. The van der Waals surface area contributed by atoms with Gasteiger partial charge in [-0.15, -0.1) is 0 Å². The van der Waals surface area contributed by atoms with E-state index in [0.29, 0.717) is 11.1 Å². The first-order valence-corrected chi connectivity index (χ1v) is 5.64. The summed E-state index contributed by atoms with van der Waals surface area (Å²) < 4.78 is 14.0. The largest absolute Gasteiger partial charge is 0.478 e. The first-order valence-electron chi connectivity index (χ1n) is 5.64. The van der Waals surface area contributed by atoms with Crippen molar-refractivity contribution in [2.24, 2.45) is 0 Å². The number of H-pyrrole nitrogens is 1. The van der Waals surface area contributed by atoms with Crippen LogP contribution in [0.1, 0.15) is 10.4 Å². The minimum Gasteiger partial charge on any atom is -0.478 e. The number of halogens is 1. The van der Waals surface area contributed by atoms with Crippen LogP contribution in [-0.2, 0) is 0 Å². The molecule has 0 aliphatic carbocycles. The van der Waals surface area contributed by atoms with E-state index in [1.165, 1.54) is 18.2 Å². The lowest BCUT2D eigenvalue weighted by Gasteiger charge is -2.05. The Morgan fingerprint density at radius 2 is 1.95 bits per heavy atom. The van der Waals surface area contributed by atoms with Crippen molar-refractivity contribution in [2.75, 3.05) is 0 Å². The fourth-order valence-corrected chi connectivity index (χ4v) is 2.10. The molecule has 5 heteroatoms. The minimum absolute atomic E-state index is 0.00690. The van der Waals surface area contributed by atoms with Crippen molar-refractivity contribution in [1.29, 1.82) is 0 Å². The number of hydrogen-bond acceptors (Lipinski definition) is 2. The summed E-state index contributed by atoms with van der Waals surface area (Å²) in [5.41, 5.74) is 0.952. The number of carboxylic acids is 1. The Morgan fingerprint density at radius 3 is 2.74 bits per heavy atom. The van der Waals surface area contributed by atoms with Crippen molar-refractivity contribution in [3.8, 4) is 11.3 Å². The number of nitrogens with zero attached hydrogens (tertiary/aromatic N) is 1. The quantitative estimate of drug-likeness (QED) is 0.740. The Bertz CT molecular complexity index is 780. The summed E-state index contributed by atoms with van der Waals surface area (Å²) in [6.07, 6.45) is 0. The second-order valence-corrected chi connectivity index (χ2v) is 4.09. The molecular weight excluding hydrogens is 247 g/mol. The van der Waals surface area contributed by atoms with Gasteiger partial charge in [-0.1, -0.05) is 24.3 Å². The highest BCUT2D eigenvalue weighted by molar-refractivity contribution is 6.01. The van der Waals surface area contributed by atoms with E-state index in [1.807, 2.05) is 6.07 Å². The maximum Gasteiger partial charge on any atom is 0.336 e. The zero-order valence-electron chi connectivity index (χ0n) is 9.72. The number of aromatic carboxylic acids is 1. The summed E-state index contributed by atoms with van der Waals surface area (Å²) in [6.45, 7) is 0. The predicted molar refractivity (Wildman–Crippen MR) is 68.4 cm³/mol. The topological polar surface area (TPSA) is 66.0 Å². The van der Waals surface area contributed by atoms with Crippen LogP contribution < -0.4 is 0 Å². The Kier molecular flexibility index (Phi) is 2.52. The van der Waals surface area contributed by atoms with Crippen molar-refractivity contribution in [3.05, 3.63) is 53.8 Å². The van der Waals surface area contributed by atoms with Crippen molar-refractivity contribution in [2.45, 2.75) is 0 Å². The SMILES string of the molecule is O=C(O)c1cccc(F)c1-c1n[nH]c2ccccc12. The fraction of sp³-hybridized carbons (Fsp3) is 0. The summed E-state index contributed by atoms with van der Waals surface area (Å²) in [6, 6.07) is 11.2. The standard InChI is InChI=1S/C14H9FN2O2/c15-10-6-3-5-9(14(18)19)12(10)13-8-4-1-2-7-11(8)16-17-13/h1-7H,(H,16,17)(H,18,19). The second-order valence-electron chi connectivity index (χ2n) is 4.09. The molecule has 19 heavy (non-hydrogen) atoms. The molecule has 0 atom stereocenters. The third-order valence-corrected chi connectivity index (χ3v) is 2.95. The molecule has 0 aliphatic heterocycles. The lowest BCUT2D eigenvalue weighted by molar-refractivity contribution is 0.0697. The molecule has 94 valence electrons. The number of benzene rings is 2. The lowest BCUT2D eigenvalue weighted by Crippen LogP contribution is -2.02. The van der Waals surface area contributed by atoms with Crippen LogP contribution >= 0.6 is 0 Å². The van der Waals surface area contributed by atoms with E-state index < -0.39 is 11.8 Å². The predicted octanol–water partition coefficient (Wildman–Crippen LogP) is 3.07. The van der Waals surface area contributed by atoms with Crippen LogP contribution in [0, 0.1) is 5.82 Å². The summed E-state index contributed by atoms with van der Waals surface area (Å²) in [5.74, 6) is -1.78. The number of fused-ring (bicyclic) bond motifs is 1. The highest BCUT2D eigenvalue weighted by Crippen LogP contribution is 2.31. The molecule has 0 aliphatic rings. The molecule has 1 aromatic heterocycles. The molecule has 4 nitrogen and oxygen atoms in total. The lowest BCUT2D eigenvalue weighted by atomic mass is 10.0.